The minimum absolute atomic E-state index is 0.596. The van der Waals surface area contributed by atoms with E-state index in [0.717, 1.165) is 55.3 Å². The van der Waals surface area contributed by atoms with Crippen LogP contribution in [0, 0.1) is 0 Å². The summed E-state index contributed by atoms with van der Waals surface area (Å²) in [6, 6.07) is 60.4. The molecule has 230 valence electrons. The SMILES string of the molecule is c1ccc(-c2nc(-c3ccc(-c4ccccc4-c4ccccc4)cc3)nc(-c3ccc(-c4ccccc4)c4oc5ccccc5c34)n2)cc1. The number of rotatable bonds is 6. The van der Waals surface area contributed by atoms with Gasteiger partial charge in [0.15, 0.2) is 17.5 Å². The van der Waals surface area contributed by atoms with E-state index in [1.807, 2.05) is 72.8 Å². The Balaban J connectivity index is 1.21. The van der Waals surface area contributed by atoms with Crippen molar-refractivity contribution in [2.45, 2.75) is 0 Å². The molecule has 0 N–H and O–H groups in total. The van der Waals surface area contributed by atoms with Crippen molar-refractivity contribution >= 4 is 21.9 Å². The van der Waals surface area contributed by atoms with Gasteiger partial charge in [-0.3, -0.25) is 0 Å². The first-order valence-corrected chi connectivity index (χ1v) is 16.4. The zero-order chi connectivity index (χ0) is 32.6. The van der Waals surface area contributed by atoms with Gasteiger partial charge in [-0.2, -0.15) is 0 Å². The van der Waals surface area contributed by atoms with E-state index in [1.165, 1.54) is 16.7 Å². The first-order valence-electron chi connectivity index (χ1n) is 16.4. The first-order chi connectivity index (χ1) is 24.3. The lowest BCUT2D eigenvalue weighted by molar-refractivity contribution is 0.670. The molecule has 2 aromatic heterocycles. The highest BCUT2D eigenvalue weighted by Crippen LogP contribution is 2.41. The number of para-hydroxylation sites is 1. The van der Waals surface area contributed by atoms with E-state index >= 15 is 0 Å². The maximum Gasteiger partial charge on any atom is 0.164 e. The van der Waals surface area contributed by atoms with Gasteiger partial charge >= 0.3 is 0 Å². The molecular formula is C45H29N3O. The lowest BCUT2D eigenvalue weighted by Gasteiger charge is -2.12. The van der Waals surface area contributed by atoms with E-state index in [-0.39, 0.29) is 0 Å². The smallest absolute Gasteiger partial charge is 0.164 e. The molecule has 0 amide bonds. The van der Waals surface area contributed by atoms with Gasteiger partial charge in [0.2, 0.25) is 0 Å². The molecule has 0 unspecified atom stereocenters. The minimum atomic E-state index is 0.596. The van der Waals surface area contributed by atoms with E-state index in [9.17, 15) is 0 Å². The molecule has 9 rings (SSSR count). The van der Waals surface area contributed by atoms with Gasteiger partial charge in [0, 0.05) is 33.0 Å². The van der Waals surface area contributed by atoms with Crippen molar-refractivity contribution in [2.24, 2.45) is 0 Å². The molecule has 7 aromatic carbocycles. The summed E-state index contributed by atoms with van der Waals surface area (Å²) in [6.45, 7) is 0. The third kappa shape index (κ3) is 5.26. The van der Waals surface area contributed by atoms with Crippen molar-refractivity contribution < 1.29 is 4.42 Å². The van der Waals surface area contributed by atoms with Crippen molar-refractivity contribution in [3.63, 3.8) is 0 Å². The van der Waals surface area contributed by atoms with E-state index < -0.39 is 0 Å². The van der Waals surface area contributed by atoms with Crippen LogP contribution in [0.15, 0.2) is 180 Å². The molecule has 9 aromatic rings. The van der Waals surface area contributed by atoms with E-state index in [2.05, 4.69) is 103 Å². The molecule has 0 saturated heterocycles. The zero-order valence-corrected chi connectivity index (χ0v) is 26.5. The molecule has 0 bridgehead atoms. The van der Waals surface area contributed by atoms with Crippen LogP contribution in [0.4, 0.5) is 0 Å². The number of furan rings is 1. The van der Waals surface area contributed by atoms with Crippen molar-refractivity contribution in [3.8, 4) is 67.5 Å². The van der Waals surface area contributed by atoms with Gasteiger partial charge in [-0.15, -0.1) is 0 Å². The highest BCUT2D eigenvalue weighted by Gasteiger charge is 2.20. The highest BCUT2D eigenvalue weighted by molar-refractivity contribution is 6.15. The topological polar surface area (TPSA) is 51.8 Å². The van der Waals surface area contributed by atoms with Crippen molar-refractivity contribution in [1.29, 1.82) is 0 Å². The molecular weight excluding hydrogens is 599 g/mol. The fourth-order valence-corrected chi connectivity index (χ4v) is 6.60. The minimum Gasteiger partial charge on any atom is -0.455 e. The van der Waals surface area contributed by atoms with E-state index in [4.69, 9.17) is 19.4 Å². The predicted molar refractivity (Wildman–Crippen MR) is 200 cm³/mol. The van der Waals surface area contributed by atoms with Crippen LogP contribution in [-0.4, -0.2) is 15.0 Å². The van der Waals surface area contributed by atoms with Crippen molar-refractivity contribution in [3.05, 3.63) is 176 Å². The number of fused-ring (bicyclic) bond motifs is 3. The number of benzene rings is 7. The third-order valence-electron chi connectivity index (χ3n) is 8.99. The van der Waals surface area contributed by atoms with Crippen LogP contribution in [0.2, 0.25) is 0 Å². The number of aromatic nitrogens is 3. The molecule has 0 saturated carbocycles. The molecule has 4 heteroatoms. The van der Waals surface area contributed by atoms with Gasteiger partial charge < -0.3 is 4.42 Å². The van der Waals surface area contributed by atoms with E-state index in [0.29, 0.717) is 17.5 Å². The van der Waals surface area contributed by atoms with Crippen LogP contribution < -0.4 is 0 Å². The average Bonchev–Trinajstić information content (AvgIpc) is 3.58. The second-order valence-corrected chi connectivity index (χ2v) is 12.0. The molecule has 0 radical (unpaired) electrons. The highest BCUT2D eigenvalue weighted by atomic mass is 16.3. The summed E-state index contributed by atoms with van der Waals surface area (Å²) in [5.74, 6) is 1.82. The molecule has 0 spiro atoms. The summed E-state index contributed by atoms with van der Waals surface area (Å²) in [7, 11) is 0. The van der Waals surface area contributed by atoms with Crippen LogP contribution in [0.3, 0.4) is 0 Å². The van der Waals surface area contributed by atoms with Crippen molar-refractivity contribution in [1.82, 2.24) is 15.0 Å². The summed E-state index contributed by atoms with van der Waals surface area (Å²) in [5, 5.41) is 2.01. The normalized spacial score (nSPS) is 11.3. The molecule has 0 aliphatic rings. The summed E-state index contributed by atoms with van der Waals surface area (Å²) < 4.78 is 6.56. The Morgan fingerprint density at radius 3 is 1.37 bits per heavy atom. The first kappa shape index (κ1) is 28.6. The van der Waals surface area contributed by atoms with Gasteiger partial charge in [0.1, 0.15) is 11.2 Å². The van der Waals surface area contributed by atoms with Crippen molar-refractivity contribution in [2.75, 3.05) is 0 Å². The van der Waals surface area contributed by atoms with Crippen LogP contribution in [0.25, 0.3) is 89.5 Å². The maximum absolute atomic E-state index is 6.56. The van der Waals surface area contributed by atoms with Crippen LogP contribution in [0.1, 0.15) is 0 Å². The van der Waals surface area contributed by atoms with E-state index in [1.54, 1.807) is 0 Å². The fourth-order valence-electron chi connectivity index (χ4n) is 6.60. The second-order valence-electron chi connectivity index (χ2n) is 12.0. The van der Waals surface area contributed by atoms with Gasteiger partial charge in [0.05, 0.1) is 0 Å². The van der Waals surface area contributed by atoms with Gasteiger partial charge in [-0.1, -0.05) is 158 Å². The zero-order valence-electron chi connectivity index (χ0n) is 26.5. The summed E-state index contributed by atoms with van der Waals surface area (Å²) in [6.07, 6.45) is 0. The van der Waals surface area contributed by atoms with Crippen LogP contribution >= 0.6 is 0 Å². The quantitative estimate of drug-likeness (QED) is 0.184. The molecule has 0 aliphatic heterocycles. The van der Waals surface area contributed by atoms with Gasteiger partial charge in [-0.25, -0.2) is 15.0 Å². The predicted octanol–water partition coefficient (Wildman–Crippen LogP) is 11.8. The second kappa shape index (κ2) is 12.2. The standard InChI is InChI=1S/C45H29N3O/c1-4-14-30(15-5-1)35-20-10-11-21-36(35)32-24-26-34(27-25-32)44-46-43(33-18-8-3-9-19-33)47-45(48-44)39-29-28-37(31-16-6-2-7-17-31)42-41(39)38-22-12-13-23-40(38)49-42/h1-29H. The molecule has 2 heterocycles. The summed E-state index contributed by atoms with van der Waals surface area (Å²) in [5.41, 5.74) is 11.2. The molecule has 49 heavy (non-hydrogen) atoms. The van der Waals surface area contributed by atoms with Crippen LogP contribution in [-0.2, 0) is 0 Å². The van der Waals surface area contributed by atoms with Gasteiger partial charge in [0.25, 0.3) is 0 Å². The number of nitrogens with zero attached hydrogens (tertiary/aromatic N) is 3. The summed E-state index contributed by atoms with van der Waals surface area (Å²) in [4.78, 5) is 15.2. The molecule has 0 fully saturated rings. The fraction of sp³-hybridized carbons (Fsp3) is 0. The Hall–Kier alpha value is -6.65. The Kier molecular flexibility index (Phi) is 7.10. The molecule has 0 atom stereocenters. The average molecular weight is 628 g/mol. The third-order valence-corrected chi connectivity index (χ3v) is 8.99. The Labute approximate surface area is 284 Å². The molecule has 0 aliphatic carbocycles. The number of hydrogen-bond acceptors (Lipinski definition) is 4. The Morgan fingerprint density at radius 2 is 0.735 bits per heavy atom. The Bertz CT molecular complexity index is 2580. The van der Waals surface area contributed by atoms with Gasteiger partial charge in [-0.05, 0) is 46.0 Å². The lowest BCUT2D eigenvalue weighted by Crippen LogP contribution is -2.00. The lowest BCUT2D eigenvalue weighted by atomic mass is 9.94. The monoisotopic (exact) mass is 627 g/mol. The van der Waals surface area contributed by atoms with Crippen LogP contribution in [0.5, 0.6) is 0 Å². The largest absolute Gasteiger partial charge is 0.455 e. The molecule has 4 nitrogen and oxygen atoms in total. The summed E-state index contributed by atoms with van der Waals surface area (Å²) >= 11 is 0. The Morgan fingerprint density at radius 1 is 0.306 bits per heavy atom. The maximum atomic E-state index is 6.56. The number of hydrogen-bond donors (Lipinski definition) is 0.